The Morgan fingerprint density at radius 1 is 1.24 bits per heavy atom. The first kappa shape index (κ1) is 18.2. The number of nitrogen functional groups attached to an aromatic ring is 1. The number of halogens is 5. The number of alkyl halides is 3. The molecule has 4 nitrogen and oxygen atoms in total. The molecule has 0 amide bonds. The van der Waals surface area contributed by atoms with Gasteiger partial charge in [0.05, 0.1) is 4.47 Å². The zero-order valence-electron chi connectivity index (χ0n) is 10.7. The van der Waals surface area contributed by atoms with Crippen LogP contribution in [0.5, 0.6) is 0 Å². The first-order valence-corrected chi connectivity index (χ1v) is 8.11. The summed E-state index contributed by atoms with van der Waals surface area (Å²) in [5, 5.41) is 0. The topological polar surface area (TPSA) is 72.2 Å². The number of hydrogen-bond donors (Lipinski definition) is 2. The molecule has 21 heavy (non-hydrogen) atoms. The standard InChI is InChI=1S/C11H13BrF4N2O2S/c12-8-5-7(17)6-9(10(8)13)21(19,20)18-4-2-1-3-11(14,15)16/h5-6,18H,1-4,17H2. The van der Waals surface area contributed by atoms with Gasteiger partial charge in [-0.1, -0.05) is 0 Å². The minimum Gasteiger partial charge on any atom is -0.399 e. The highest BCUT2D eigenvalue weighted by Crippen LogP contribution is 2.26. The van der Waals surface area contributed by atoms with Crippen LogP contribution in [-0.2, 0) is 10.0 Å². The summed E-state index contributed by atoms with van der Waals surface area (Å²) in [6.45, 7) is -0.218. The summed E-state index contributed by atoms with van der Waals surface area (Å²) in [6.07, 6.45) is -5.49. The summed E-state index contributed by atoms with van der Waals surface area (Å²) in [5.74, 6) is -1.01. The minimum absolute atomic E-state index is 0.0101. The molecule has 0 saturated carbocycles. The summed E-state index contributed by atoms with van der Waals surface area (Å²) < 4.78 is 75.2. The molecule has 0 unspecified atom stereocenters. The molecule has 120 valence electrons. The average molecular weight is 393 g/mol. The maximum atomic E-state index is 13.7. The van der Waals surface area contributed by atoms with Crippen molar-refractivity contribution in [3.8, 4) is 0 Å². The van der Waals surface area contributed by atoms with Crippen molar-refractivity contribution < 1.29 is 26.0 Å². The molecule has 0 fully saturated rings. The molecule has 0 aliphatic rings. The van der Waals surface area contributed by atoms with Gasteiger partial charge >= 0.3 is 6.18 Å². The predicted molar refractivity (Wildman–Crippen MR) is 73.6 cm³/mol. The summed E-state index contributed by atoms with van der Waals surface area (Å²) in [5.41, 5.74) is 5.48. The Labute approximate surface area is 127 Å². The number of rotatable bonds is 6. The summed E-state index contributed by atoms with van der Waals surface area (Å²) in [4.78, 5) is -0.648. The quantitative estimate of drug-likeness (QED) is 0.443. The van der Waals surface area contributed by atoms with E-state index in [0.717, 1.165) is 6.07 Å². The van der Waals surface area contributed by atoms with E-state index in [1.165, 1.54) is 6.07 Å². The Balaban J connectivity index is 2.67. The van der Waals surface area contributed by atoms with Crippen molar-refractivity contribution in [1.29, 1.82) is 0 Å². The van der Waals surface area contributed by atoms with E-state index in [9.17, 15) is 26.0 Å². The Morgan fingerprint density at radius 3 is 2.43 bits per heavy atom. The van der Waals surface area contributed by atoms with Crippen LogP contribution in [0.3, 0.4) is 0 Å². The number of nitrogens with one attached hydrogen (secondary N) is 1. The van der Waals surface area contributed by atoms with Crippen LogP contribution in [0.2, 0.25) is 0 Å². The molecule has 1 aromatic rings. The van der Waals surface area contributed by atoms with Gasteiger partial charge in [0.15, 0.2) is 5.82 Å². The molecule has 0 heterocycles. The van der Waals surface area contributed by atoms with Crippen LogP contribution in [0.4, 0.5) is 23.2 Å². The van der Waals surface area contributed by atoms with Crippen LogP contribution in [0.15, 0.2) is 21.5 Å². The Hall–Kier alpha value is -0.870. The van der Waals surface area contributed by atoms with Crippen molar-refractivity contribution in [3.05, 3.63) is 22.4 Å². The second-order valence-corrected chi connectivity index (χ2v) is 6.87. The van der Waals surface area contributed by atoms with Crippen LogP contribution in [0, 0.1) is 5.82 Å². The van der Waals surface area contributed by atoms with Crippen LogP contribution in [0.1, 0.15) is 19.3 Å². The zero-order chi connectivity index (χ0) is 16.3. The van der Waals surface area contributed by atoms with Crippen LogP contribution >= 0.6 is 15.9 Å². The third kappa shape index (κ3) is 5.79. The lowest BCUT2D eigenvalue weighted by molar-refractivity contribution is -0.135. The van der Waals surface area contributed by atoms with E-state index in [1.807, 2.05) is 4.72 Å². The van der Waals surface area contributed by atoms with E-state index >= 15 is 0 Å². The number of nitrogens with two attached hydrogens (primary N) is 1. The summed E-state index contributed by atoms with van der Waals surface area (Å²) in [7, 11) is -4.17. The molecule has 0 spiro atoms. The van der Waals surface area contributed by atoms with Crippen molar-refractivity contribution >= 4 is 31.6 Å². The van der Waals surface area contributed by atoms with Gasteiger partial charge < -0.3 is 5.73 Å². The molecule has 10 heteroatoms. The Morgan fingerprint density at radius 2 is 1.86 bits per heavy atom. The van der Waals surface area contributed by atoms with Gasteiger partial charge in [-0.2, -0.15) is 13.2 Å². The predicted octanol–water partition coefficient (Wildman–Crippen LogP) is 3.18. The monoisotopic (exact) mass is 392 g/mol. The van der Waals surface area contributed by atoms with Crippen molar-refractivity contribution in [2.45, 2.75) is 30.3 Å². The van der Waals surface area contributed by atoms with Crippen LogP contribution in [-0.4, -0.2) is 21.1 Å². The second-order valence-electron chi connectivity index (χ2n) is 4.28. The van der Waals surface area contributed by atoms with E-state index in [-0.39, 0.29) is 29.5 Å². The zero-order valence-corrected chi connectivity index (χ0v) is 13.1. The SMILES string of the molecule is Nc1cc(Br)c(F)c(S(=O)(=O)NCCCCC(F)(F)F)c1. The van der Waals surface area contributed by atoms with Crippen LogP contribution in [0.25, 0.3) is 0 Å². The van der Waals surface area contributed by atoms with Gasteiger partial charge in [0.2, 0.25) is 10.0 Å². The number of hydrogen-bond acceptors (Lipinski definition) is 3. The van der Waals surface area contributed by atoms with Crippen molar-refractivity contribution in [2.24, 2.45) is 0 Å². The molecule has 0 aliphatic carbocycles. The largest absolute Gasteiger partial charge is 0.399 e. The Bertz CT molecular complexity index is 605. The molecule has 0 aromatic heterocycles. The fraction of sp³-hybridized carbons (Fsp3) is 0.455. The number of unbranched alkanes of at least 4 members (excludes halogenated alkanes) is 1. The smallest absolute Gasteiger partial charge is 0.389 e. The summed E-state index contributed by atoms with van der Waals surface area (Å²) in [6, 6.07) is 2.15. The fourth-order valence-corrected chi connectivity index (χ4v) is 3.33. The molecule has 0 saturated heterocycles. The first-order chi connectivity index (χ1) is 9.53. The van der Waals surface area contributed by atoms with Gasteiger partial charge in [0.25, 0.3) is 0 Å². The maximum absolute atomic E-state index is 13.7. The molecule has 0 atom stereocenters. The van der Waals surface area contributed by atoms with E-state index in [4.69, 9.17) is 5.73 Å². The minimum atomic E-state index is -4.27. The van der Waals surface area contributed by atoms with Gasteiger partial charge in [0.1, 0.15) is 4.90 Å². The van der Waals surface area contributed by atoms with Crippen LogP contribution < -0.4 is 10.5 Å². The maximum Gasteiger partial charge on any atom is 0.389 e. The van der Waals surface area contributed by atoms with Gasteiger partial charge in [-0.05, 0) is 40.9 Å². The molecule has 0 radical (unpaired) electrons. The molecular formula is C11H13BrF4N2O2S. The van der Waals surface area contributed by atoms with Gasteiger partial charge in [-0.15, -0.1) is 0 Å². The van der Waals surface area contributed by atoms with Crippen molar-refractivity contribution in [3.63, 3.8) is 0 Å². The second kappa shape index (κ2) is 6.93. The lowest BCUT2D eigenvalue weighted by Crippen LogP contribution is -2.26. The van der Waals surface area contributed by atoms with E-state index in [1.54, 1.807) is 0 Å². The lowest BCUT2D eigenvalue weighted by atomic mass is 10.2. The molecule has 1 rings (SSSR count). The number of benzene rings is 1. The third-order valence-corrected chi connectivity index (χ3v) is 4.52. The Kier molecular flexibility index (Phi) is 6.00. The highest BCUT2D eigenvalue weighted by Gasteiger charge is 2.26. The number of anilines is 1. The fourth-order valence-electron chi connectivity index (χ4n) is 1.51. The molecular weight excluding hydrogens is 380 g/mol. The van der Waals surface area contributed by atoms with Crippen molar-refractivity contribution in [2.75, 3.05) is 12.3 Å². The molecule has 1 aromatic carbocycles. The molecule has 0 aliphatic heterocycles. The number of sulfonamides is 1. The normalized spacial score (nSPS) is 12.6. The lowest BCUT2D eigenvalue weighted by Gasteiger charge is -2.10. The summed E-state index contributed by atoms with van der Waals surface area (Å²) >= 11 is 2.83. The van der Waals surface area contributed by atoms with E-state index in [2.05, 4.69) is 15.9 Å². The van der Waals surface area contributed by atoms with Gasteiger partial charge in [-0.3, -0.25) is 0 Å². The molecule has 0 bridgehead atoms. The third-order valence-electron chi connectivity index (χ3n) is 2.49. The van der Waals surface area contributed by atoms with E-state index < -0.39 is 33.3 Å². The van der Waals surface area contributed by atoms with Gasteiger partial charge in [0, 0.05) is 18.7 Å². The van der Waals surface area contributed by atoms with Gasteiger partial charge in [-0.25, -0.2) is 17.5 Å². The highest BCUT2D eigenvalue weighted by atomic mass is 79.9. The average Bonchev–Trinajstić information content (AvgIpc) is 2.31. The first-order valence-electron chi connectivity index (χ1n) is 5.84. The van der Waals surface area contributed by atoms with Crippen molar-refractivity contribution in [1.82, 2.24) is 4.72 Å². The highest BCUT2D eigenvalue weighted by molar-refractivity contribution is 9.10. The van der Waals surface area contributed by atoms with E-state index in [0.29, 0.717) is 0 Å². The molecule has 3 N–H and O–H groups in total.